The van der Waals surface area contributed by atoms with E-state index in [1.54, 1.807) is 30.3 Å². The molecule has 0 saturated carbocycles. The third-order valence-corrected chi connectivity index (χ3v) is 4.05. The van der Waals surface area contributed by atoms with Gasteiger partial charge in [0.15, 0.2) is 12.0 Å². The molecule has 140 valence electrons. The van der Waals surface area contributed by atoms with E-state index in [0.29, 0.717) is 27.8 Å². The van der Waals surface area contributed by atoms with Crippen LogP contribution in [0.15, 0.2) is 68.6 Å². The molecule has 2 aromatic carbocycles. The summed E-state index contributed by atoms with van der Waals surface area (Å²) in [5.41, 5.74) is 1.13. The lowest BCUT2D eigenvalue weighted by Crippen LogP contribution is -2.05. The van der Waals surface area contributed by atoms with Crippen molar-refractivity contribution in [2.45, 2.75) is 6.61 Å². The molecule has 0 amide bonds. The highest BCUT2D eigenvalue weighted by Crippen LogP contribution is 2.24. The molecule has 0 bridgehead atoms. The van der Waals surface area contributed by atoms with Crippen LogP contribution in [-0.4, -0.2) is 21.2 Å². The van der Waals surface area contributed by atoms with E-state index >= 15 is 0 Å². The summed E-state index contributed by atoms with van der Waals surface area (Å²) in [6, 6.07) is 11.0. The zero-order chi connectivity index (χ0) is 19.7. The molecule has 4 aromatic rings. The number of phenolic OH excluding ortho intramolecular Hbond substituents is 1. The molecule has 2 aromatic heterocycles. The quantitative estimate of drug-likeness (QED) is 0.541. The second-order valence-electron chi connectivity index (χ2n) is 5.90. The third kappa shape index (κ3) is 3.30. The molecule has 0 saturated heterocycles. The summed E-state index contributed by atoms with van der Waals surface area (Å²) in [5.74, 6) is -0.859. The van der Waals surface area contributed by atoms with Gasteiger partial charge in [-0.15, -0.1) is 0 Å². The van der Waals surface area contributed by atoms with E-state index in [-0.39, 0.29) is 29.4 Å². The number of aromatic nitrogens is 1. The molecule has 0 radical (unpaired) electrons. The maximum Gasteiger partial charge on any atom is 0.373 e. The maximum atomic E-state index is 12.7. The molecule has 0 aliphatic rings. The van der Waals surface area contributed by atoms with E-state index < -0.39 is 5.97 Å². The molecule has 0 spiro atoms. The Balaban J connectivity index is 1.59. The van der Waals surface area contributed by atoms with Crippen LogP contribution < -0.4 is 10.2 Å². The monoisotopic (exact) mass is 379 g/mol. The van der Waals surface area contributed by atoms with Gasteiger partial charge in [-0.25, -0.2) is 9.78 Å². The number of carboxylic acids is 1. The number of phenols is 1. The lowest BCUT2D eigenvalue weighted by atomic mass is 10.1. The van der Waals surface area contributed by atoms with Gasteiger partial charge in [0, 0.05) is 6.07 Å². The molecule has 0 aliphatic heterocycles. The van der Waals surface area contributed by atoms with Crippen LogP contribution >= 0.6 is 0 Å². The second-order valence-corrected chi connectivity index (χ2v) is 5.90. The van der Waals surface area contributed by atoms with Gasteiger partial charge in [0.2, 0.25) is 11.7 Å². The van der Waals surface area contributed by atoms with Gasteiger partial charge in [-0.1, -0.05) is 12.1 Å². The molecule has 0 fully saturated rings. The summed E-state index contributed by atoms with van der Waals surface area (Å²) < 4.78 is 16.1. The number of hydrogen-bond donors (Lipinski definition) is 2. The van der Waals surface area contributed by atoms with Gasteiger partial charge in [0.1, 0.15) is 23.3 Å². The first-order chi connectivity index (χ1) is 13.5. The highest BCUT2D eigenvalue weighted by molar-refractivity contribution is 5.84. The fourth-order valence-corrected chi connectivity index (χ4v) is 2.66. The molecule has 2 N–H and O–H groups in total. The number of carbonyl (C=O) groups is 1. The summed E-state index contributed by atoms with van der Waals surface area (Å²) in [7, 11) is 0. The first-order valence-electron chi connectivity index (χ1n) is 8.17. The Labute approximate surface area is 157 Å². The summed E-state index contributed by atoms with van der Waals surface area (Å²) in [5, 5.41) is 18.6. The predicted molar refractivity (Wildman–Crippen MR) is 97.4 cm³/mol. The van der Waals surface area contributed by atoms with Crippen molar-refractivity contribution in [3.63, 3.8) is 0 Å². The summed E-state index contributed by atoms with van der Waals surface area (Å²) in [6.45, 7) is -0.0748. The average Bonchev–Trinajstić information content (AvgIpc) is 3.17. The topological polar surface area (TPSA) is 123 Å². The molecule has 28 heavy (non-hydrogen) atoms. The molecule has 4 rings (SSSR count). The van der Waals surface area contributed by atoms with Crippen molar-refractivity contribution in [2.75, 3.05) is 0 Å². The first-order valence-corrected chi connectivity index (χ1v) is 8.17. The van der Waals surface area contributed by atoms with Crippen LogP contribution in [0.1, 0.15) is 16.4 Å². The van der Waals surface area contributed by atoms with Crippen molar-refractivity contribution >= 4 is 16.9 Å². The summed E-state index contributed by atoms with van der Waals surface area (Å²) in [4.78, 5) is 27.3. The smallest absolute Gasteiger partial charge is 0.373 e. The standard InChI is InChI=1S/C20H13NO7/c22-12-3-1-11(2-4-12)15-9-27-16-7-13(5-6-14(16)19(15)23)26-10-18-21-8-17(28-18)20(24)25/h1-9,22H,10H2,(H,24,25). The van der Waals surface area contributed by atoms with E-state index in [1.807, 2.05) is 0 Å². The lowest BCUT2D eigenvalue weighted by molar-refractivity contribution is 0.0658. The Bertz CT molecular complexity index is 1220. The highest BCUT2D eigenvalue weighted by atomic mass is 16.5. The van der Waals surface area contributed by atoms with E-state index in [2.05, 4.69) is 4.98 Å². The van der Waals surface area contributed by atoms with E-state index in [9.17, 15) is 14.7 Å². The minimum atomic E-state index is -1.21. The second kappa shape index (κ2) is 6.92. The van der Waals surface area contributed by atoms with Gasteiger partial charge >= 0.3 is 5.97 Å². The first kappa shape index (κ1) is 17.3. The van der Waals surface area contributed by atoms with Crippen LogP contribution in [0.2, 0.25) is 0 Å². The summed E-state index contributed by atoms with van der Waals surface area (Å²) >= 11 is 0. The number of oxazole rings is 1. The molecule has 2 heterocycles. The SMILES string of the molecule is O=C(O)c1cnc(COc2ccc3c(=O)c(-c4ccc(O)cc4)coc3c2)o1. The number of fused-ring (bicyclic) bond motifs is 1. The van der Waals surface area contributed by atoms with Gasteiger partial charge < -0.3 is 23.8 Å². The number of hydrogen-bond acceptors (Lipinski definition) is 7. The average molecular weight is 379 g/mol. The summed E-state index contributed by atoms with van der Waals surface area (Å²) in [6.07, 6.45) is 2.46. The molecular formula is C20H13NO7. The Morgan fingerprint density at radius 2 is 1.93 bits per heavy atom. The maximum absolute atomic E-state index is 12.7. The van der Waals surface area contributed by atoms with Crippen molar-refractivity contribution < 1.29 is 28.6 Å². The zero-order valence-electron chi connectivity index (χ0n) is 14.3. The highest BCUT2D eigenvalue weighted by Gasteiger charge is 2.13. The molecular weight excluding hydrogens is 366 g/mol. The van der Waals surface area contributed by atoms with Crippen LogP contribution in [0, 0.1) is 0 Å². The van der Waals surface area contributed by atoms with Crippen molar-refractivity contribution in [3.8, 4) is 22.6 Å². The van der Waals surface area contributed by atoms with Gasteiger partial charge in [-0.3, -0.25) is 4.79 Å². The largest absolute Gasteiger partial charge is 0.508 e. The Hall–Kier alpha value is -4.07. The number of benzene rings is 2. The minimum Gasteiger partial charge on any atom is -0.508 e. The normalized spacial score (nSPS) is 10.9. The van der Waals surface area contributed by atoms with Crippen molar-refractivity contribution in [1.29, 1.82) is 0 Å². The van der Waals surface area contributed by atoms with Crippen molar-refractivity contribution in [2.24, 2.45) is 0 Å². The number of aromatic hydroxyl groups is 1. The van der Waals surface area contributed by atoms with Crippen molar-refractivity contribution in [1.82, 2.24) is 4.98 Å². The fraction of sp³-hybridized carbons (Fsp3) is 0.0500. The van der Waals surface area contributed by atoms with Gasteiger partial charge in [0.25, 0.3) is 0 Å². The van der Waals surface area contributed by atoms with Crippen molar-refractivity contribution in [3.05, 3.63) is 76.8 Å². The van der Waals surface area contributed by atoms with Crippen LogP contribution in [0.3, 0.4) is 0 Å². The zero-order valence-corrected chi connectivity index (χ0v) is 14.3. The van der Waals surface area contributed by atoms with Crippen LogP contribution in [0.5, 0.6) is 11.5 Å². The number of ether oxygens (including phenoxy) is 1. The van der Waals surface area contributed by atoms with E-state index in [4.69, 9.17) is 18.7 Å². The minimum absolute atomic E-state index is 0.0748. The predicted octanol–water partition coefficient (Wildman–Crippen LogP) is 3.43. The lowest BCUT2D eigenvalue weighted by Gasteiger charge is -2.06. The molecule has 0 unspecified atom stereocenters. The van der Waals surface area contributed by atoms with Gasteiger partial charge in [0.05, 0.1) is 17.1 Å². The number of rotatable bonds is 5. The molecule has 0 aliphatic carbocycles. The van der Waals surface area contributed by atoms with Crippen LogP contribution in [0.25, 0.3) is 22.1 Å². The molecule has 8 nitrogen and oxygen atoms in total. The Kier molecular flexibility index (Phi) is 4.29. The number of aromatic carboxylic acids is 1. The number of nitrogens with zero attached hydrogens (tertiary/aromatic N) is 1. The van der Waals surface area contributed by atoms with Crippen LogP contribution in [0.4, 0.5) is 0 Å². The van der Waals surface area contributed by atoms with Gasteiger partial charge in [-0.2, -0.15) is 0 Å². The fourth-order valence-electron chi connectivity index (χ4n) is 2.66. The van der Waals surface area contributed by atoms with E-state index in [1.165, 1.54) is 18.4 Å². The third-order valence-electron chi connectivity index (χ3n) is 4.05. The Morgan fingerprint density at radius 3 is 2.64 bits per heavy atom. The molecule has 8 heteroatoms. The number of carboxylic acid groups (broad SMARTS) is 1. The molecule has 0 atom stereocenters. The van der Waals surface area contributed by atoms with E-state index in [0.717, 1.165) is 6.20 Å². The van der Waals surface area contributed by atoms with Gasteiger partial charge in [-0.05, 0) is 29.8 Å². The van der Waals surface area contributed by atoms with Crippen LogP contribution in [-0.2, 0) is 6.61 Å². The Morgan fingerprint density at radius 1 is 1.14 bits per heavy atom.